The average molecular weight is 269 g/mol. The monoisotopic (exact) mass is 269 g/mol. The van der Waals surface area contributed by atoms with Crippen LogP contribution in [0, 0.1) is 5.92 Å². The average Bonchev–Trinajstić information content (AvgIpc) is 2.49. The number of ether oxygens (including phenoxy) is 1. The summed E-state index contributed by atoms with van der Waals surface area (Å²) in [5.41, 5.74) is 2.36. The molecule has 19 heavy (non-hydrogen) atoms. The molecule has 1 aromatic rings. The zero-order valence-electron chi connectivity index (χ0n) is 11.5. The van der Waals surface area contributed by atoms with Crippen molar-refractivity contribution in [1.82, 2.24) is 5.32 Å². The van der Waals surface area contributed by atoms with Crippen molar-refractivity contribution in [3.63, 3.8) is 0 Å². The van der Waals surface area contributed by atoms with Crippen molar-refractivity contribution in [2.24, 2.45) is 5.92 Å². The van der Waals surface area contributed by atoms with Crippen LogP contribution in [-0.4, -0.2) is 13.2 Å². The molecule has 2 atom stereocenters. The molecule has 2 rings (SSSR count). The lowest BCUT2D eigenvalue weighted by molar-refractivity contribution is -0.0499. The largest absolute Gasteiger partial charge is 0.435 e. The van der Waals surface area contributed by atoms with Gasteiger partial charge in [-0.05, 0) is 55.0 Å². The maximum absolute atomic E-state index is 12.3. The molecule has 0 bridgehead atoms. The summed E-state index contributed by atoms with van der Waals surface area (Å²) in [6.45, 7) is 2.42. The molecule has 2 nitrogen and oxygen atoms in total. The first-order valence-electron chi connectivity index (χ1n) is 6.91. The highest BCUT2D eigenvalue weighted by molar-refractivity contribution is 5.38. The van der Waals surface area contributed by atoms with Gasteiger partial charge in [0.25, 0.3) is 0 Å². The molecule has 0 fully saturated rings. The Kier molecular flexibility index (Phi) is 4.75. The van der Waals surface area contributed by atoms with Gasteiger partial charge in [-0.1, -0.05) is 19.9 Å². The maximum atomic E-state index is 12.3. The van der Waals surface area contributed by atoms with Crippen molar-refractivity contribution in [2.45, 2.75) is 45.8 Å². The zero-order chi connectivity index (χ0) is 13.8. The first-order chi connectivity index (χ1) is 9.10. The summed E-state index contributed by atoms with van der Waals surface area (Å²) in [6.07, 6.45) is 3.19. The molecule has 0 radical (unpaired) electrons. The topological polar surface area (TPSA) is 21.3 Å². The molecule has 2 unspecified atom stereocenters. The second-order valence-corrected chi connectivity index (χ2v) is 5.23. The smallest absolute Gasteiger partial charge is 0.387 e. The summed E-state index contributed by atoms with van der Waals surface area (Å²) in [7, 11) is 0. The van der Waals surface area contributed by atoms with Crippen LogP contribution < -0.4 is 10.1 Å². The molecule has 0 spiro atoms. The van der Waals surface area contributed by atoms with Gasteiger partial charge in [0.05, 0.1) is 0 Å². The molecule has 0 aliphatic heterocycles. The lowest BCUT2D eigenvalue weighted by Crippen LogP contribution is -2.22. The summed E-state index contributed by atoms with van der Waals surface area (Å²) in [4.78, 5) is 0. The van der Waals surface area contributed by atoms with E-state index in [9.17, 15) is 8.78 Å². The molecule has 1 aromatic carbocycles. The van der Waals surface area contributed by atoms with Gasteiger partial charge in [0.1, 0.15) is 5.75 Å². The fourth-order valence-corrected chi connectivity index (χ4v) is 2.79. The fraction of sp³-hybridized carbons (Fsp3) is 0.600. The molecule has 4 heteroatoms. The maximum Gasteiger partial charge on any atom is 0.387 e. The van der Waals surface area contributed by atoms with Gasteiger partial charge in [0.15, 0.2) is 0 Å². The van der Waals surface area contributed by atoms with Crippen LogP contribution in [-0.2, 0) is 6.42 Å². The minimum Gasteiger partial charge on any atom is -0.435 e. The van der Waals surface area contributed by atoms with E-state index in [1.54, 1.807) is 12.1 Å². The molecule has 106 valence electrons. The van der Waals surface area contributed by atoms with E-state index in [1.807, 2.05) is 6.07 Å². The lowest BCUT2D eigenvalue weighted by Gasteiger charge is -2.21. The van der Waals surface area contributed by atoms with Gasteiger partial charge in [-0.3, -0.25) is 0 Å². The van der Waals surface area contributed by atoms with E-state index in [1.165, 1.54) is 5.56 Å². The molecular formula is C15H21F2NO. The predicted molar refractivity (Wildman–Crippen MR) is 71.6 cm³/mol. The zero-order valence-corrected chi connectivity index (χ0v) is 11.5. The third kappa shape index (κ3) is 3.66. The van der Waals surface area contributed by atoms with Gasteiger partial charge < -0.3 is 10.1 Å². The number of nitrogens with one attached hydrogen (secondary N) is 1. The van der Waals surface area contributed by atoms with Crippen LogP contribution in [0.1, 0.15) is 43.9 Å². The summed E-state index contributed by atoms with van der Waals surface area (Å²) >= 11 is 0. The van der Waals surface area contributed by atoms with Crippen molar-refractivity contribution in [2.75, 3.05) is 6.54 Å². The normalized spacial score (nSPS) is 23.0. The highest BCUT2D eigenvalue weighted by atomic mass is 19.3. The van der Waals surface area contributed by atoms with Gasteiger partial charge in [-0.25, -0.2) is 0 Å². The van der Waals surface area contributed by atoms with Crippen molar-refractivity contribution in [3.8, 4) is 5.75 Å². The molecular weight excluding hydrogens is 248 g/mol. The number of benzene rings is 1. The van der Waals surface area contributed by atoms with Crippen molar-refractivity contribution in [1.29, 1.82) is 0 Å². The van der Waals surface area contributed by atoms with Crippen LogP contribution in [0.25, 0.3) is 0 Å². The lowest BCUT2D eigenvalue weighted by atomic mass is 9.97. The molecule has 1 N–H and O–H groups in total. The van der Waals surface area contributed by atoms with E-state index in [0.29, 0.717) is 5.92 Å². The third-order valence-corrected chi connectivity index (χ3v) is 3.71. The first-order valence-corrected chi connectivity index (χ1v) is 6.91. The molecule has 0 saturated heterocycles. The SMILES string of the molecule is CCNC1CC(C)CCc2ccc(OC(F)F)cc21. The second kappa shape index (κ2) is 6.33. The predicted octanol–water partition coefficient (Wildman–Crippen LogP) is 3.91. The summed E-state index contributed by atoms with van der Waals surface area (Å²) in [5, 5.41) is 3.45. The van der Waals surface area contributed by atoms with E-state index in [4.69, 9.17) is 0 Å². The van der Waals surface area contributed by atoms with Crippen LogP contribution >= 0.6 is 0 Å². The van der Waals surface area contributed by atoms with Gasteiger partial charge in [0, 0.05) is 6.04 Å². The Morgan fingerprint density at radius 2 is 2.21 bits per heavy atom. The van der Waals surface area contributed by atoms with E-state index in [-0.39, 0.29) is 11.8 Å². The minimum atomic E-state index is -2.76. The van der Waals surface area contributed by atoms with Crippen LogP contribution in [0.5, 0.6) is 5.75 Å². The molecule has 0 aromatic heterocycles. The van der Waals surface area contributed by atoms with E-state index in [0.717, 1.165) is 31.4 Å². The number of halogens is 2. The van der Waals surface area contributed by atoms with Crippen LogP contribution in [0.15, 0.2) is 18.2 Å². The standard InChI is InChI=1S/C15H21F2NO/c1-3-18-14-8-10(2)4-5-11-6-7-12(9-13(11)14)19-15(16)17/h6-7,9-10,14-15,18H,3-5,8H2,1-2H3. The summed E-state index contributed by atoms with van der Waals surface area (Å²) in [5.74, 6) is 0.891. The highest BCUT2D eigenvalue weighted by Crippen LogP contribution is 2.34. The number of hydrogen-bond donors (Lipinski definition) is 1. The minimum absolute atomic E-state index is 0.235. The Bertz CT molecular complexity index is 423. The van der Waals surface area contributed by atoms with E-state index < -0.39 is 6.61 Å². The number of rotatable bonds is 4. The van der Waals surface area contributed by atoms with E-state index in [2.05, 4.69) is 23.9 Å². The number of aryl methyl sites for hydroxylation is 1. The quantitative estimate of drug-likeness (QED) is 0.837. The molecule has 0 amide bonds. The van der Waals surface area contributed by atoms with Gasteiger partial charge in [-0.2, -0.15) is 8.78 Å². The molecule has 1 aliphatic carbocycles. The fourth-order valence-electron chi connectivity index (χ4n) is 2.79. The molecule has 0 saturated carbocycles. The first kappa shape index (κ1) is 14.3. The molecule has 0 heterocycles. The van der Waals surface area contributed by atoms with Gasteiger partial charge in [-0.15, -0.1) is 0 Å². The Morgan fingerprint density at radius 3 is 2.89 bits per heavy atom. The highest BCUT2D eigenvalue weighted by Gasteiger charge is 2.22. The Labute approximate surface area is 113 Å². The Hall–Kier alpha value is -1.16. The van der Waals surface area contributed by atoms with Crippen molar-refractivity contribution >= 4 is 0 Å². The van der Waals surface area contributed by atoms with Crippen molar-refractivity contribution < 1.29 is 13.5 Å². The number of hydrogen-bond acceptors (Lipinski definition) is 2. The third-order valence-electron chi connectivity index (χ3n) is 3.71. The Balaban J connectivity index is 2.29. The number of fused-ring (bicyclic) bond motifs is 1. The van der Waals surface area contributed by atoms with E-state index >= 15 is 0 Å². The summed E-state index contributed by atoms with van der Waals surface area (Å²) < 4.78 is 29.1. The number of alkyl halides is 2. The van der Waals surface area contributed by atoms with Crippen LogP contribution in [0.2, 0.25) is 0 Å². The van der Waals surface area contributed by atoms with Gasteiger partial charge >= 0.3 is 6.61 Å². The summed E-state index contributed by atoms with van der Waals surface area (Å²) in [6, 6.07) is 5.57. The van der Waals surface area contributed by atoms with Gasteiger partial charge in [0.2, 0.25) is 0 Å². The second-order valence-electron chi connectivity index (χ2n) is 5.23. The molecule has 1 aliphatic rings. The van der Waals surface area contributed by atoms with Crippen molar-refractivity contribution in [3.05, 3.63) is 29.3 Å². The van der Waals surface area contributed by atoms with Crippen LogP contribution in [0.4, 0.5) is 8.78 Å². The Morgan fingerprint density at radius 1 is 1.42 bits per heavy atom. The van der Waals surface area contributed by atoms with Crippen LogP contribution in [0.3, 0.4) is 0 Å².